The number of carbonyl (C=O) groups excluding carboxylic acids is 2. The summed E-state index contributed by atoms with van der Waals surface area (Å²) in [4.78, 5) is 24.1. The van der Waals surface area contributed by atoms with Gasteiger partial charge in [0.2, 0.25) is 0 Å². The van der Waals surface area contributed by atoms with Gasteiger partial charge in [0.15, 0.2) is 0 Å². The van der Waals surface area contributed by atoms with Crippen molar-refractivity contribution in [1.29, 1.82) is 0 Å². The first-order chi connectivity index (χ1) is 11.8. The van der Waals surface area contributed by atoms with Crippen molar-refractivity contribution in [3.05, 3.63) is 68.8 Å². The zero-order valence-corrected chi connectivity index (χ0v) is 15.2. The molecule has 1 aliphatic heterocycles. The first-order valence-corrected chi connectivity index (χ1v) is 10.2. The Bertz CT molecular complexity index is 824. The third-order valence-electron chi connectivity index (χ3n) is 3.45. The van der Waals surface area contributed by atoms with E-state index in [1.54, 1.807) is 24.3 Å². The van der Waals surface area contributed by atoms with Crippen molar-refractivity contribution in [3.63, 3.8) is 0 Å². The van der Waals surface area contributed by atoms with Crippen molar-refractivity contribution in [2.75, 3.05) is 0 Å². The summed E-state index contributed by atoms with van der Waals surface area (Å²) in [5.41, 5.74) is 0.139. The summed E-state index contributed by atoms with van der Waals surface area (Å²) in [6, 6.07) is 12.0. The van der Waals surface area contributed by atoms with Gasteiger partial charge in [-0.2, -0.15) is 0 Å². The van der Waals surface area contributed by atoms with Crippen molar-refractivity contribution in [1.82, 2.24) is 3.11 Å². The standard InChI is InChI=1S/C17H13F3INO3/c1-11(23)25-21-15-9-13(17(18,19)20)7-8-14(15)16(24)22(21)10-12-5-3-2-4-6-12/h2-9H,10H2,1H3. The number of hydrogen-bond acceptors (Lipinski definition) is 3. The van der Waals surface area contributed by atoms with Gasteiger partial charge in [-0.1, -0.05) is 0 Å². The van der Waals surface area contributed by atoms with E-state index in [1.165, 1.54) is 16.1 Å². The molecular formula is C17H13F3INO3. The topological polar surface area (TPSA) is 46.6 Å². The summed E-state index contributed by atoms with van der Waals surface area (Å²) in [7, 11) is 0. The fraction of sp³-hybridized carbons (Fsp3) is 0.176. The summed E-state index contributed by atoms with van der Waals surface area (Å²) >= 11 is -3.06. The SMILES string of the molecule is CC(=O)OI1c2cc(C(F)(F)F)ccc2C(=O)N1Cc1ccccc1. The minimum absolute atomic E-state index is 0.176. The Labute approximate surface area is 149 Å². The molecule has 1 amide bonds. The van der Waals surface area contributed by atoms with Gasteiger partial charge >= 0.3 is 150 Å². The number of amides is 1. The van der Waals surface area contributed by atoms with Crippen LogP contribution in [0.5, 0.6) is 0 Å². The molecule has 3 rings (SSSR count). The molecule has 4 nitrogen and oxygen atoms in total. The molecule has 2 aromatic carbocycles. The molecule has 0 saturated carbocycles. The van der Waals surface area contributed by atoms with Crippen molar-refractivity contribution in [3.8, 4) is 0 Å². The number of alkyl halides is 3. The summed E-state index contributed by atoms with van der Waals surface area (Å²) in [6.07, 6.45) is -4.52. The first-order valence-electron chi connectivity index (χ1n) is 7.23. The second-order valence-electron chi connectivity index (χ2n) is 5.30. The van der Waals surface area contributed by atoms with Crippen LogP contribution in [0, 0.1) is 3.57 Å². The molecule has 25 heavy (non-hydrogen) atoms. The van der Waals surface area contributed by atoms with Gasteiger partial charge in [-0.05, 0) is 0 Å². The van der Waals surface area contributed by atoms with Crippen molar-refractivity contribution < 1.29 is 25.8 Å². The zero-order valence-electron chi connectivity index (χ0n) is 13.0. The summed E-state index contributed by atoms with van der Waals surface area (Å²) in [5, 5.41) is 0. The Hall–Kier alpha value is -2.10. The number of carbonyl (C=O) groups is 2. The van der Waals surface area contributed by atoms with E-state index in [1.807, 2.05) is 6.07 Å². The third-order valence-corrected chi connectivity index (χ3v) is 8.21. The van der Waals surface area contributed by atoms with Crippen LogP contribution in [0.4, 0.5) is 13.2 Å². The van der Waals surface area contributed by atoms with E-state index in [0.717, 1.165) is 17.7 Å². The molecule has 0 saturated heterocycles. The number of hydrogen-bond donors (Lipinski definition) is 0. The molecule has 1 heterocycles. The Morgan fingerprint density at radius 1 is 1.16 bits per heavy atom. The van der Waals surface area contributed by atoms with Crippen LogP contribution in [0.25, 0.3) is 0 Å². The van der Waals surface area contributed by atoms with E-state index < -0.39 is 44.1 Å². The molecule has 0 fully saturated rings. The van der Waals surface area contributed by atoms with Crippen molar-refractivity contribution in [2.24, 2.45) is 0 Å². The molecule has 0 N–H and O–H groups in total. The van der Waals surface area contributed by atoms with Crippen LogP contribution in [-0.2, 0) is 20.6 Å². The predicted molar refractivity (Wildman–Crippen MR) is 92.2 cm³/mol. The quantitative estimate of drug-likeness (QED) is 0.500. The van der Waals surface area contributed by atoms with Crippen molar-refractivity contribution in [2.45, 2.75) is 19.6 Å². The summed E-state index contributed by atoms with van der Waals surface area (Å²) in [6.45, 7) is 1.38. The monoisotopic (exact) mass is 463 g/mol. The summed E-state index contributed by atoms with van der Waals surface area (Å²) < 4.78 is 45.9. The van der Waals surface area contributed by atoms with Gasteiger partial charge in [0, 0.05) is 0 Å². The molecule has 0 aliphatic carbocycles. The normalized spacial score (nSPS) is 15.3. The first kappa shape index (κ1) is 17.7. The van der Waals surface area contributed by atoms with Crippen LogP contribution >= 0.6 is 20.5 Å². The predicted octanol–water partition coefficient (Wildman–Crippen LogP) is 4.43. The molecule has 0 unspecified atom stereocenters. The van der Waals surface area contributed by atoms with E-state index in [4.69, 9.17) is 3.07 Å². The maximum absolute atomic E-state index is 13.0. The number of nitrogens with zero attached hydrogens (tertiary/aromatic N) is 1. The van der Waals surface area contributed by atoms with Crippen LogP contribution in [0.2, 0.25) is 0 Å². The van der Waals surface area contributed by atoms with Gasteiger partial charge in [-0.3, -0.25) is 0 Å². The number of rotatable bonds is 3. The maximum atomic E-state index is 13.0. The van der Waals surface area contributed by atoms with Gasteiger partial charge in [-0.25, -0.2) is 0 Å². The van der Waals surface area contributed by atoms with Gasteiger partial charge in [0.05, 0.1) is 0 Å². The second kappa shape index (κ2) is 6.66. The molecule has 2 aromatic rings. The van der Waals surface area contributed by atoms with E-state index in [2.05, 4.69) is 0 Å². The molecule has 1 aliphatic rings. The molecule has 0 bridgehead atoms. The average Bonchev–Trinajstić information content (AvgIpc) is 2.80. The molecule has 0 atom stereocenters. The van der Waals surface area contributed by atoms with Gasteiger partial charge in [-0.15, -0.1) is 0 Å². The van der Waals surface area contributed by atoms with Gasteiger partial charge in [0.1, 0.15) is 0 Å². The zero-order chi connectivity index (χ0) is 18.2. The minimum atomic E-state index is -4.52. The van der Waals surface area contributed by atoms with Crippen LogP contribution in [0.3, 0.4) is 0 Å². The average molecular weight is 463 g/mol. The fourth-order valence-electron chi connectivity index (χ4n) is 2.36. The van der Waals surface area contributed by atoms with Crippen molar-refractivity contribution >= 4 is 32.4 Å². The van der Waals surface area contributed by atoms with E-state index in [9.17, 15) is 22.8 Å². The van der Waals surface area contributed by atoms with Crippen LogP contribution in [0.1, 0.15) is 28.4 Å². The van der Waals surface area contributed by atoms with Crippen LogP contribution < -0.4 is 0 Å². The van der Waals surface area contributed by atoms with Crippen LogP contribution in [-0.4, -0.2) is 15.0 Å². The Morgan fingerprint density at radius 3 is 2.44 bits per heavy atom. The van der Waals surface area contributed by atoms with E-state index in [0.29, 0.717) is 0 Å². The molecular weight excluding hydrogens is 450 g/mol. The number of benzene rings is 2. The molecule has 132 valence electrons. The fourth-order valence-corrected chi connectivity index (χ4v) is 6.93. The molecule has 8 heteroatoms. The third kappa shape index (κ3) is 3.63. The molecule has 0 spiro atoms. The van der Waals surface area contributed by atoms with E-state index in [-0.39, 0.29) is 15.7 Å². The summed E-state index contributed by atoms with van der Waals surface area (Å²) in [5.74, 6) is -1.01. The Kier molecular flexibility index (Phi) is 4.72. The van der Waals surface area contributed by atoms with E-state index >= 15 is 0 Å². The Morgan fingerprint density at radius 2 is 1.84 bits per heavy atom. The molecule has 0 radical (unpaired) electrons. The number of fused-ring (bicyclic) bond motifs is 1. The van der Waals surface area contributed by atoms with Crippen LogP contribution in [0.15, 0.2) is 48.5 Å². The van der Waals surface area contributed by atoms with Gasteiger partial charge in [0.25, 0.3) is 0 Å². The van der Waals surface area contributed by atoms with Gasteiger partial charge < -0.3 is 0 Å². The number of halogens is 4. The second-order valence-corrected chi connectivity index (χ2v) is 9.39. The Balaban J connectivity index is 2.02. The molecule has 0 aromatic heterocycles.